The van der Waals surface area contributed by atoms with Crippen molar-refractivity contribution < 1.29 is 4.85 Å². The molecular formula is C2H2N8O. The Morgan fingerprint density at radius 1 is 1.55 bits per heavy atom. The van der Waals surface area contributed by atoms with E-state index in [1.54, 1.807) is 0 Å². The third kappa shape index (κ3) is 0.705. The van der Waals surface area contributed by atoms with Crippen LogP contribution in [0.25, 0.3) is 5.78 Å². The summed E-state index contributed by atoms with van der Waals surface area (Å²) in [6.45, 7) is 0. The maximum atomic E-state index is 10.6. The molecule has 0 aliphatic heterocycles. The lowest BCUT2D eigenvalue weighted by Crippen LogP contribution is -2.37. The molecule has 0 atom stereocenters. The number of nitrogen functional groups attached to an aromatic ring is 1. The van der Waals surface area contributed by atoms with Crippen LogP contribution in [0.1, 0.15) is 0 Å². The number of anilines is 1. The van der Waals surface area contributed by atoms with Crippen LogP contribution in [0.3, 0.4) is 0 Å². The predicted octanol–water partition coefficient (Wildman–Crippen LogP) is -2.87. The largest absolute Gasteiger partial charge is 0.721 e. The Balaban J connectivity index is 2.86. The van der Waals surface area contributed by atoms with E-state index in [0.717, 1.165) is 4.63 Å². The fraction of sp³-hybridized carbons (Fsp3) is 0. The molecule has 2 aromatic heterocycles. The summed E-state index contributed by atoms with van der Waals surface area (Å²) in [5.74, 6) is -0.293. The highest BCUT2D eigenvalue weighted by molar-refractivity contribution is 5.17. The smallest absolute Gasteiger partial charge is 0.432 e. The van der Waals surface area contributed by atoms with Crippen molar-refractivity contribution in [3.63, 3.8) is 0 Å². The zero-order valence-corrected chi connectivity index (χ0v) is 5.12. The number of rotatable bonds is 0. The van der Waals surface area contributed by atoms with Gasteiger partial charge in [0.05, 0.1) is 5.10 Å². The molecule has 0 radical (unpaired) electrons. The lowest BCUT2D eigenvalue weighted by atomic mass is 11.1. The van der Waals surface area contributed by atoms with Gasteiger partial charge < -0.3 is 5.21 Å². The standard InChI is InChI=1S/C2H2N8O/c3-1-5-9-2(4-7-8-9)6-10(1)11/h(H2,3,5). The SMILES string of the molecule is Nc1nn2nnnc2n[n+]1[O-]. The molecule has 11 heavy (non-hydrogen) atoms. The number of hydrogen-bond acceptors (Lipinski definition) is 7. The van der Waals surface area contributed by atoms with Crippen LogP contribution in [0.15, 0.2) is 0 Å². The molecule has 0 saturated carbocycles. The summed E-state index contributed by atoms with van der Waals surface area (Å²) in [6, 6.07) is 0. The van der Waals surface area contributed by atoms with Gasteiger partial charge in [-0.15, -0.1) is 4.85 Å². The van der Waals surface area contributed by atoms with E-state index >= 15 is 0 Å². The van der Waals surface area contributed by atoms with Gasteiger partial charge in [0.2, 0.25) is 0 Å². The number of hydrogen-bond donors (Lipinski definition) is 1. The van der Waals surface area contributed by atoms with Gasteiger partial charge in [-0.2, -0.15) is 0 Å². The van der Waals surface area contributed by atoms with Crippen LogP contribution < -0.4 is 10.6 Å². The lowest BCUT2D eigenvalue weighted by Gasteiger charge is -1.97. The zero-order valence-electron chi connectivity index (χ0n) is 5.12. The average molecular weight is 154 g/mol. The van der Waals surface area contributed by atoms with E-state index in [-0.39, 0.29) is 16.6 Å². The van der Waals surface area contributed by atoms with E-state index in [4.69, 9.17) is 5.73 Å². The molecular weight excluding hydrogens is 152 g/mol. The number of tetrazole rings is 1. The van der Waals surface area contributed by atoms with Gasteiger partial charge in [0.25, 0.3) is 0 Å². The first-order valence-electron chi connectivity index (χ1n) is 2.59. The van der Waals surface area contributed by atoms with E-state index in [1.807, 2.05) is 0 Å². The maximum absolute atomic E-state index is 10.6. The second-order valence-corrected chi connectivity index (χ2v) is 1.70. The monoisotopic (exact) mass is 154 g/mol. The third-order valence-corrected chi connectivity index (χ3v) is 1.01. The van der Waals surface area contributed by atoms with Crippen molar-refractivity contribution in [3.8, 4) is 0 Å². The van der Waals surface area contributed by atoms with Gasteiger partial charge in [0, 0.05) is 0 Å². The van der Waals surface area contributed by atoms with E-state index in [9.17, 15) is 5.21 Å². The Hall–Kier alpha value is -2.06. The molecule has 0 spiro atoms. The Morgan fingerprint density at radius 3 is 3.18 bits per heavy atom. The second kappa shape index (κ2) is 1.71. The summed E-state index contributed by atoms with van der Waals surface area (Å²) in [6.07, 6.45) is 0. The van der Waals surface area contributed by atoms with Gasteiger partial charge in [-0.3, -0.25) is 5.73 Å². The Labute approximate surface area is 59.0 Å². The van der Waals surface area contributed by atoms with Crippen molar-refractivity contribution in [2.45, 2.75) is 0 Å². The van der Waals surface area contributed by atoms with Crippen LogP contribution in [-0.2, 0) is 0 Å². The number of nitrogens with two attached hydrogens (primary N) is 1. The molecule has 0 fully saturated rings. The van der Waals surface area contributed by atoms with Crippen LogP contribution in [0.5, 0.6) is 0 Å². The molecule has 0 saturated heterocycles. The molecule has 0 aliphatic carbocycles. The van der Waals surface area contributed by atoms with Crippen molar-refractivity contribution in [2.75, 3.05) is 5.73 Å². The number of nitrogens with zero attached hydrogens (tertiary/aromatic N) is 7. The molecule has 2 aromatic rings. The van der Waals surface area contributed by atoms with Gasteiger partial charge in [0.1, 0.15) is 0 Å². The topological polar surface area (TPSA) is 122 Å². The highest BCUT2D eigenvalue weighted by Crippen LogP contribution is 1.84. The summed E-state index contributed by atoms with van der Waals surface area (Å²) in [4.78, 5) is 0.145. The van der Waals surface area contributed by atoms with Crippen LogP contribution in [0.4, 0.5) is 5.95 Å². The highest BCUT2D eigenvalue weighted by atomic mass is 16.5. The molecule has 0 bridgehead atoms. The van der Waals surface area contributed by atoms with Crippen molar-refractivity contribution in [2.24, 2.45) is 0 Å². The van der Waals surface area contributed by atoms with Gasteiger partial charge >= 0.3 is 11.7 Å². The van der Waals surface area contributed by atoms with Crippen molar-refractivity contribution >= 4 is 11.7 Å². The third-order valence-electron chi connectivity index (χ3n) is 1.01. The summed E-state index contributed by atoms with van der Waals surface area (Å²) in [5, 5.41) is 27.4. The summed E-state index contributed by atoms with van der Waals surface area (Å²) < 4.78 is 0.962. The number of aromatic nitrogens is 7. The molecule has 0 aliphatic rings. The quantitative estimate of drug-likeness (QED) is 0.319. The van der Waals surface area contributed by atoms with E-state index < -0.39 is 0 Å². The number of fused-ring (bicyclic) bond motifs is 1. The molecule has 9 nitrogen and oxygen atoms in total. The lowest BCUT2D eigenvalue weighted by molar-refractivity contribution is -0.655. The molecule has 56 valence electrons. The molecule has 2 heterocycles. The van der Waals surface area contributed by atoms with Crippen LogP contribution in [0.2, 0.25) is 0 Å². The van der Waals surface area contributed by atoms with Crippen molar-refractivity contribution in [1.29, 1.82) is 0 Å². The minimum absolute atomic E-state index is 0.00852. The van der Waals surface area contributed by atoms with Gasteiger partial charge in [0.15, 0.2) is 0 Å². The fourth-order valence-electron chi connectivity index (χ4n) is 0.570. The Bertz CT molecular complexity index is 356. The molecule has 0 aromatic carbocycles. The molecule has 9 heteroatoms. The summed E-state index contributed by atoms with van der Waals surface area (Å²) in [7, 11) is 0. The van der Waals surface area contributed by atoms with Crippen LogP contribution >= 0.6 is 0 Å². The predicted molar refractivity (Wildman–Crippen MR) is 29.7 cm³/mol. The van der Waals surface area contributed by atoms with E-state index in [0.29, 0.717) is 0 Å². The van der Waals surface area contributed by atoms with E-state index in [2.05, 4.69) is 25.7 Å². The Morgan fingerprint density at radius 2 is 2.36 bits per heavy atom. The highest BCUT2D eigenvalue weighted by Gasteiger charge is 2.07. The molecule has 0 unspecified atom stereocenters. The maximum Gasteiger partial charge on any atom is 0.432 e. The van der Waals surface area contributed by atoms with Crippen molar-refractivity contribution in [1.82, 2.24) is 30.4 Å². The Kier molecular flexibility index (Phi) is 0.888. The minimum atomic E-state index is -0.301. The first-order valence-corrected chi connectivity index (χ1v) is 2.59. The van der Waals surface area contributed by atoms with Crippen LogP contribution in [0, 0.1) is 5.21 Å². The normalized spacial score (nSPS) is 10.5. The second-order valence-electron chi connectivity index (χ2n) is 1.70. The fourth-order valence-corrected chi connectivity index (χ4v) is 0.570. The van der Waals surface area contributed by atoms with E-state index in [1.165, 1.54) is 0 Å². The zero-order chi connectivity index (χ0) is 7.84. The molecule has 2 N–H and O–H groups in total. The molecule has 2 rings (SSSR count). The van der Waals surface area contributed by atoms with Crippen molar-refractivity contribution in [3.05, 3.63) is 5.21 Å². The molecule has 0 amide bonds. The first-order chi connectivity index (χ1) is 5.27. The first kappa shape index (κ1) is 5.70. The summed E-state index contributed by atoms with van der Waals surface area (Å²) >= 11 is 0. The average Bonchev–Trinajstić information content (AvgIpc) is 2.36. The van der Waals surface area contributed by atoms with Crippen LogP contribution in [-0.4, -0.2) is 30.4 Å². The van der Waals surface area contributed by atoms with Gasteiger partial charge in [-0.1, -0.05) is 10.2 Å². The van der Waals surface area contributed by atoms with Gasteiger partial charge in [-0.25, -0.2) is 0 Å². The summed E-state index contributed by atoms with van der Waals surface area (Å²) in [5.41, 5.74) is 5.11. The minimum Gasteiger partial charge on any atom is -0.721 e. The van der Waals surface area contributed by atoms with Gasteiger partial charge in [-0.05, 0) is 15.1 Å².